The zero-order valence-corrected chi connectivity index (χ0v) is 10.0. The Hall–Kier alpha value is 1.75. The van der Waals surface area contributed by atoms with Crippen molar-refractivity contribution in [1.82, 2.24) is 9.34 Å². The predicted molar refractivity (Wildman–Crippen MR) is 30.8 cm³/mol. The van der Waals surface area contributed by atoms with Crippen LogP contribution in [0.5, 0.6) is 0 Å². The summed E-state index contributed by atoms with van der Waals surface area (Å²) < 4.78 is 14.0. The summed E-state index contributed by atoms with van der Waals surface area (Å²) in [6.07, 6.45) is 0. The van der Waals surface area contributed by atoms with Gasteiger partial charge in [0.2, 0.25) is 0 Å². The van der Waals surface area contributed by atoms with Crippen LogP contribution in [0.25, 0.3) is 0 Å². The van der Waals surface area contributed by atoms with Gasteiger partial charge in [-0.25, -0.2) is 9.34 Å². The van der Waals surface area contributed by atoms with Crippen molar-refractivity contribution in [2.45, 2.75) is 0 Å². The molecule has 0 aromatic rings. The summed E-state index contributed by atoms with van der Waals surface area (Å²) >= 11 is 0. The van der Waals surface area contributed by atoms with Crippen LogP contribution in [0.3, 0.4) is 0 Å². The predicted octanol–water partition coefficient (Wildman–Crippen LogP) is -3.91. The van der Waals surface area contributed by atoms with Gasteiger partial charge < -0.3 is 9.46 Å². The number of hydrogen-bond acceptors (Lipinski definition) is 2. The summed E-state index contributed by atoms with van der Waals surface area (Å²) in [5.74, 6) is 0. The van der Waals surface area contributed by atoms with E-state index in [1.165, 1.54) is 9.34 Å². The molecule has 2 fully saturated rings. The van der Waals surface area contributed by atoms with Gasteiger partial charge in [0.25, 0.3) is 0 Å². The normalized spacial score (nSPS) is 25.7. The minimum atomic E-state index is -3.20. The van der Waals surface area contributed by atoms with Crippen LogP contribution in [0, 0.1) is 0 Å². The molecular weight excluding hydrogens is 178 g/mol. The van der Waals surface area contributed by atoms with Crippen molar-refractivity contribution in [2.75, 3.05) is 26.2 Å². The van der Waals surface area contributed by atoms with Crippen LogP contribution in [0.4, 0.5) is 0 Å². The van der Waals surface area contributed by atoms with Crippen molar-refractivity contribution in [1.29, 1.82) is 0 Å². The molecule has 52 valence electrons. The average Bonchev–Trinajstić information content (AvgIpc) is 2.62. The van der Waals surface area contributed by atoms with Crippen LogP contribution in [0.1, 0.15) is 0 Å². The third kappa shape index (κ3) is 1.91. The quantitative estimate of drug-likeness (QED) is 0.251. The van der Waals surface area contributed by atoms with Gasteiger partial charge in [-0.2, -0.15) is 0 Å². The fourth-order valence-electron chi connectivity index (χ4n) is 0.774. The largest absolute Gasteiger partial charge is 1.00 e. The van der Waals surface area contributed by atoms with E-state index >= 15 is 0 Å². The molecule has 0 aromatic carbocycles. The van der Waals surface area contributed by atoms with Crippen LogP contribution in [0.15, 0.2) is 0 Å². The van der Waals surface area contributed by atoms with Crippen molar-refractivity contribution in [3.63, 3.8) is 0 Å². The van der Waals surface area contributed by atoms with E-state index in [-0.39, 0.29) is 51.4 Å². The first kappa shape index (κ1) is 9.83. The number of nitrogens with zero attached hydrogens (tertiary/aromatic N) is 2. The minimum Gasteiger partial charge on any atom is -0.776 e. The fourth-order valence-corrected chi connectivity index (χ4v) is 2.32. The zero-order valence-electron chi connectivity index (χ0n) is 5.99. The van der Waals surface area contributed by atoms with E-state index in [9.17, 15) is 9.46 Å². The van der Waals surface area contributed by atoms with E-state index in [1.807, 2.05) is 0 Å². The van der Waals surface area contributed by atoms with Gasteiger partial charge in [0.1, 0.15) is 7.67 Å². The molecule has 0 saturated carbocycles. The first-order valence-electron chi connectivity index (χ1n) is 3.03. The van der Waals surface area contributed by atoms with Crippen LogP contribution in [-0.4, -0.2) is 35.5 Å². The van der Waals surface area contributed by atoms with Gasteiger partial charge in [0.15, 0.2) is 0 Å². The van der Waals surface area contributed by atoms with Gasteiger partial charge in [-0.05, 0) is 0 Å². The van der Waals surface area contributed by atoms with Gasteiger partial charge in [0.05, 0.1) is 0 Å². The molecule has 4 nitrogen and oxygen atoms in total. The Balaban J connectivity index is 0.000000500. The Morgan fingerprint density at radius 2 is 1.40 bits per heavy atom. The van der Waals surface area contributed by atoms with E-state index in [1.54, 1.807) is 0 Å². The second-order valence-corrected chi connectivity index (χ2v) is 4.51. The van der Waals surface area contributed by atoms with Gasteiger partial charge in [-0.15, -0.1) is 0 Å². The van der Waals surface area contributed by atoms with E-state index in [2.05, 4.69) is 0 Å². The van der Waals surface area contributed by atoms with Crippen molar-refractivity contribution in [2.24, 2.45) is 0 Å². The van der Waals surface area contributed by atoms with Gasteiger partial charge in [0, 0.05) is 26.2 Å². The molecule has 0 aromatic heterocycles. The van der Waals surface area contributed by atoms with Crippen LogP contribution < -0.4 is 56.3 Å². The first-order chi connectivity index (χ1) is 4.21. The topological polar surface area (TPSA) is 46.1 Å². The third-order valence-electron chi connectivity index (χ3n) is 1.56. The first-order valence-corrected chi connectivity index (χ1v) is 4.56. The molecule has 0 N–H and O–H groups in total. The second kappa shape index (κ2) is 3.24. The Bertz CT molecular complexity index is 164. The average molecular weight is 186 g/mol. The molecule has 2 saturated heterocycles. The monoisotopic (exact) mass is 186 g/mol. The van der Waals surface area contributed by atoms with Crippen molar-refractivity contribution in [3.8, 4) is 0 Å². The van der Waals surface area contributed by atoms with Crippen LogP contribution in [0.2, 0.25) is 0 Å². The maximum Gasteiger partial charge on any atom is 1.00 e. The Morgan fingerprint density at radius 1 is 1.10 bits per heavy atom. The smallest absolute Gasteiger partial charge is 0.776 e. The number of rotatable bonds is 2. The Labute approximate surface area is 103 Å². The Morgan fingerprint density at radius 3 is 1.60 bits per heavy atom. The molecule has 0 bridgehead atoms. The molecule has 0 amide bonds. The van der Waals surface area contributed by atoms with E-state index in [0.29, 0.717) is 0 Å². The second-order valence-electron chi connectivity index (χ2n) is 2.40. The minimum absolute atomic E-state index is 0. The standard InChI is InChI=1S/C4H9N2O2P.K/c7-9(8,5-1-2-5)6-3-4-6;/h1-4H2,(H,7,8);/q;+1/p-1. The van der Waals surface area contributed by atoms with Crippen LogP contribution >= 0.6 is 7.67 Å². The molecular formula is C4H8KN2O2P. The molecule has 2 aliphatic heterocycles. The molecule has 0 unspecified atom stereocenters. The fraction of sp³-hybridized carbons (Fsp3) is 1.00. The zero-order chi connectivity index (χ0) is 6.48. The van der Waals surface area contributed by atoms with Crippen molar-refractivity contribution < 1.29 is 60.8 Å². The van der Waals surface area contributed by atoms with Crippen molar-refractivity contribution >= 4 is 7.67 Å². The number of hydrogen-bond donors (Lipinski definition) is 0. The van der Waals surface area contributed by atoms with E-state index in [0.717, 1.165) is 26.2 Å². The maximum absolute atomic E-state index is 11.0. The van der Waals surface area contributed by atoms with Crippen LogP contribution in [-0.2, 0) is 4.57 Å². The maximum atomic E-state index is 11.0. The molecule has 0 atom stereocenters. The third-order valence-corrected chi connectivity index (χ3v) is 3.79. The van der Waals surface area contributed by atoms with Gasteiger partial charge >= 0.3 is 51.4 Å². The van der Waals surface area contributed by atoms with Gasteiger partial charge in [-0.1, -0.05) is 0 Å². The molecule has 0 spiro atoms. The molecule has 10 heavy (non-hydrogen) atoms. The Kier molecular flexibility index (Phi) is 3.19. The SMILES string of the molecule is O=P([O-])(N1CC1)N1CC1.[K+]. The molecule has 2 rings (SSSR count). The molecule has 0 aliphatic carbocycles. The van der Waals surface area contributed by atoms with Gasteiger partial charge in [-0.3, -0.25) is 0 Å². The summed E-state index contributed by atoms with van der Waals surface area (Å²) in [7, 11) is -3.20. The van der Waals surface area contributed by atoms with Crippen molar-refractivity contribution in [3.05, 3.63) is 0 Å². The summed E-state index contributed by atoms with van der Waals surface area (Å²) in [5.41, 5.74) is 0. The summed E-state index contributed by atoms with van der Waals surface area (Å²) in [4.78, 5) is 11.0. The molecule has 2 heterocycles. The summed E-state index contributed by atoms with van der Waals surface area (Å²) in [6.45, 7) is 2.93. The molecule has 6 heteroatoms. The van der Waals surface area contributed by atoms with E-state index in [4.69, 9.17) is 0 Å². The molecule has 0 radical (unpaired) electrons. The molecule has 2 aliphatic rings. The summed E-state index contributed by atoms with van der Waals surface area (Å²) in [5, 5.41) is 0. The summed E-state index contributed by atoms with van der Waals surface area (Å²) in [6, 6.07) is 0. The van der Waals surface area contributed by atoms with E-state index < -0.39 is 7.67 Å².